The van der Waals surface area contributed by atoms with E-state index in [2.05, 4.69) is 0 Å². The van der Waals surface area contributed by atoms with Crippen molar-refractivity contribution in [1.29, 1.82) is 0 Å². The van der Waals surface area contributed by atoms with Gasteiger partial charge in [-0.25, -0.2) is 8.42 Å². The van der Waals surface area contributed by atoms with Gasteiger partial charge >= 0.3 is 0 Å². The molecule has 0 amide bonds. The van der Waals surface area contributed by atoms with Crippen molar-refractivity contribution in [1.82, 2.24) is 4.90 Å². The summed E-state index contributed by atoms with van der Waals surface area (Å²) in [7, 11) is -0.897. The maximum Gasteiger partial charge on any atom is 0.170 e. The Labute approximate surface area is 104 Å². The van der Waals surface area contributed by atoms with Gasteiger partial charge in [0.2, 0.25) is 0 Å². The second-order valence-electron chi connectivity index (χ2n) is 4.34. The number of ether oxygens (including phenoxy) is 2. The second-order valence-corrected chi connectivity index (χ2v) is 6.57. The molecular formula is C11H23NO4S. The molecule has 1 aliphatic heterocycles. The lowest BCUT2D eigenvalue weighted by Gasteiger charge is -2.27. The van der Waals surface area contributed by atoms with Crippen molar-refractivity contribution >= 4 is 9.84 Å². The predicted octanol–water partition coefficient (Wildman–Crippen LogP) is 0.504. The first-order valence-corrected chi connectivity index (χ1v) is 7.94. The Bertz CT molecular complexity index is 311. The van der Waals surface area contributed by atoms with Crippen LogP contribution in [0, 0.1) is 0 Å². The van der Waals surface area contributed by atoms with Gasteiger partial charge in [-0.1, -0.05) is 0 Å². The van der Waals surface area contributed by atoms with Crippen LogP contribution in [-0.2, 0) is 19.3 Å². The molecule has 1 atom stereocenters. The number of rotatable bonds is 7. The van der Waals surface area contributed by atoms with Crippen molar-refractivity contribution in [2.24, 2.45) is 0 Å². The first kappa shape index (κ1) is 14.9. The quantitative estimate of drug-likeness (QED) is 0.628. The second kappa shape index (κ2) is 6.68. The minimum atomic E-state index is -2.82. The summed E-state index contributed by atoms with van der Waals surface area (Å²) in [6.45, 7) is 5.66. The minimum Gasteiger partial charge on any atom is -0.352 e. The van der Waals surface area contributed by atoms with E-state index in [4.69, 9.17) is 9.47 Å². The number of hydrogen-bond acceptors (Lipinski definition) is 5. The molecule has 0 radical (unpaired) electrons. The van der Waals surface area contributed by atoms with Gasteiger partial charge < -0.3 is 9.47 Å². The van der Waals surface area contributed by atoms with Crippen molar-refractivity contribution in [3.63, 3.8) is 0 Å². The van der Waals surface area contributed by atoms with Crippen LogP contribution in [-0.4, -0.2) is 64.0 Å². The van der Waals surface area contributed by atoms with E-state index >= 15 is 0 Å². The molecule has 5 nitrogen and oxygen atoms in total. The Balaban J connectivity index is 2.44. The Morgan fingerprint density at radius 1 is 1.29 bits per heavy atom. The Morgan fingerprint density at radius 2 is 1.88 bits per heavy atom. The highest BCUT2D eigenvalue weighted by molar-refractivity contribution is 7.91. The molecule has 0 aromatic carbocycles. The molecule has 0 saturated carbocycles. The van der Waals surface area contributed by atoms with E-state index in [0.29, 0.717) is 31.9 Å². The van der Waals surface area contributed by atoms with E-state index in [1.807, 2.05) is 25.8 Å². The van der Waals surface area contributed by atoms with Crippen LogP contribution in [0.2, 0.25) is 0 Å². The Hall–Kier alpha value is -0.170. The van der Waals surface area contributed by atoms with Gasteiger partial charge in [0.05, 0.1) is 11.5 Å². The van der Waals surface area contributed by atoms with E-state index in [1.54, 1.807) is 0 Å². The van der Waals surface area contributed by atoms with Gasteiger partial charge in [-0.05, 0) is 27.3 Å². The van der Waals surface area contributed by atoms with Gasteiger partial charge in [-0.2, -0.15) is 0 Å². The van der Waals surface area contributed by atoms with Gasteiger partial charge in [0.15, 0.2) is 16.1 Å². The number of nitrogens with zero attached hydrogens (tertiary/aromatic N) is 1. The third kappa shape index (κ3) is 4.91. The largest absolute Gasteiger partial charge is 0.352 e. The zero-order valence-corrected chi connectivity index (χ0v) is 11.7. The zero-order chi connectivity index (χ0) is 12.9. The summed E-state index contributed by atoms with van der Waals surface area (Å²) in [5.74, 6) is 0.560. The molecule has 0 spiro atoms. The minimum absolute atomic E-state index is 0.100. The van der Waals surface area contributed by atoms with E-state index in [1.165, 1.54) is 0 Å². The highest BCUT2D eigenvalue weighted by Crippen LogP contribution is 2.17. The standard InChI is InChI=1S/C11H23NO4S/c1-4-15-11(16-5-2)8-12(3)10-6-7-17(13,14)9-10/h10-11H,4-9H2,1-3H3. The first-order valence-electron chi connectivity index (χ1n) is 6.12. The van der Waals surface area contributed by atoms with E-state index in [0.717, 1.165) is 0 Å². The molecule has 0 bridgehead atoms. The predicted molar refractivity (Wildman–Crippen MR) is 66.7 cm³/mol. The highest BCUT2D eigenvalue weighted by atomic mass is 32.2. The number of hydrogen-bond donors (Lipinski definition) is 0. The maximum absolute atomic E-state index is 11.4. The molecule has 0 N–H and O–H groups in total. The average molecular weight is 265 g/mol. The van der Waals surface area contributed by atoms with Gasteiger partial charge in [-0.15, -0.1) is 0 Å². The lowest BCUT2D eigenvalue weighted by molar-refractivity contribution is -0.147. The van der Waals surface area contributed by atoms with Gasteiger partial charge in [0.25, 0.3) is 0 Å². The fourth-order valence-electron chi connectivity index (χ4n) is 2.03. The van der Waals surface area contributed by atoms with Crippen molar-refractivity contribution in [3.05, 3.63) is 0 Å². The monoisotopic (exact) mass is 265 g/mol. The molecule has 0 aliphatic carbocycles. The molecule has 1 fully saturated rings. The molecule has 0 aromatic rings. The number of likely N-dealkylation sites (N-methyl/N-ethyl adjacent to an activating group) is 1. The Kier molecular flexibility index (Phi) is 5.85. The SMILES string of the molecule is CCOC(CN(C)C1CCS(=O)(=O)C1)OCC. The third-order valence-corrected chi connectivity index (χ3v) is 4.72. The summed E-state index contributed by atoms with van der Waals surface area (Å²) in [6, 6.07) is 0.100. The smallest absolute Gasteiger partial charge is 0.170 e. The summed E-state index contributed by atoms with van der Waals surface area (Å²) in [6.07, 6.45) is 0.447. The maximum atomic E-state index is 11.4. The van der Waals surface area contributed by atoms with Crippen molar-refractivity contribution < 1.29 is 17.9 Å². The molecule has 6 heteroatoms. The molecule has 1 unspecified atom stereocenters. The fourth-order valence-corrected chi connectivity index (χ4v) is 3.84. The van der Waals surface area contributed by atoms with Crippen LogP contribution in [0.15, 0.2) is 0 Å². The lowest BCUT2D eigenvalue weighted by Crippen LogP contribution is -2.40. The van der Waals surface area contributed by atoms with Crippen LogP contribution in [0.5, 0.6) is 0 Å². The molecule has 17 heavy (non-hydrogen) atoms. The third-order valence-electron chi connectivity index (χ3n) is 2.97. The van der Waals surface area contributed by atoms with Crippen LogP contribution in [0.4, 0.5) is 0 Å². The summed E-state index contributed by atoms with van der Waals surface area (Å²) >= 11 is 0. The van der Waals surface area contributed by atoms with E-state index in [-0.39, 0.29) is 18.1 Å². The van der Waals surface area contributed by atoms with E-state index in [9.17, 15) is 8.42 Å². The van der Waals surface area contributed by atoms with Crippen molar-refractivity contribution in [3.8, 4) is 0 Å². The Morgan fingerprint density at radius 3 is 2.29 bits per heavy atom. The van der Waals surface area contributed by atoms with Crippen LogP contribution in [0.3, 0.4) is 0 Å². The molecule has 1 rings (SSSR count). The van der Waals surface area contributed by atoms with Crippen LogP contribution >= 0.6 is 0 Å². The van der Waals surface area contributed by atoms with Crippen molar-refractivity contribution in [2.75, 3.05) is 38.3 Å². The normalized spacial score (nSPS) is 23.7. The number of sulfone groups is 1. The molecule has 1 saturated heterocycles. The van der Waals surface area contributed by atoms with Crippen LogP contribution in [0.25, 0.3) is 0 Å². The molecule has 0 aromatic heterocycles. The first-order chi connectivity index (χ1) is 7.98. The highest BCUT2D eigenvalue weighted by Gasteiger charge is 2.31. The van der Waals surface area contributed by atoms with Gasteiger partial charge in [-0.3, -0.25) is 4.90 Å². The van der Waals surface area contributed by atoms with E-state index < -0.39 is 9.84 Å². The fraction of sp³-hybridized carbons (Fsp3) is 1.00. The summed E-state index contributed by atoms with van der Waals surface area (Å²) in [5.41, 5.74) is 0. The zero-order valence-electron chi connectivity index (χ0n) is 10.9. The van der Waals surface area contributed by atoms with Gasteiger partial charge in [0, 0.05) is 25.8 Å². The topological polar surface area (TPSA) is 55.8 Å². The summed E-state index contributed by atoms with van der Waals surface area (Å²) < 4.78 is 33.7. The molecule has 1 heterocycles. The van der Waals surface area contributed by atoms with Gasteiger partial charge in [0.1, 0.15) is 0 Å². The van der Waals surface area contributed by atoms with Crippen LogP contribution < -0.4 is 0 Å². The van der Waals surface area contributed by atoms with Crippen molar-refractivity contribution in [2.45, 2.75) is 32.6 Å². The summed E-state index contributed by atoms with van der Waals surface area (Å²) in [5, 5.41) is 0. The average Bonchev–Trinajstić information content (AvgIpc) is 2.59. The summed E-state index contributed by atoms with van der Waals surface area (Å²) in [4.78, 5) is 2.03. The molecule has 1 aliphatic rings. The van der Waals surface area contributed by atoms with Crippen LogP contribution in [0.1, 0.15) is 20.3 Å². The molecule has 102 valence electrons. The molecular weight excluding hydrogens is 242 g/mol. The lowest BCUT2D eigenvalue weighted by atomic mass is 10.2.